The third-order valence-corrected chi connectivity index (χ3v) is 5.43. The molecule has 6 nitrogen and oxygen atoms in total. The highest BCUT2D eigenvalue weighted by Gasteiger charge is 2.49. The molecule has 2 unspecified atom stereocenters. The van der Waals surface area contributed by atoms with E-state index in [-0.39, 0.29) is 6.17 Å². The summed E-state index contributed by atoms with van der Waals surface area (Å²) in [5, 5.41) is 13.4. The molecule has 2 N–H and O–H groups in total. The number of carboxylic acid groups (broad SMARTS) is 1. The van der Waals surface area contributed by atoms with Crippen LogP contribution in [0.2, 0.25) is 0 Å². The third-order valence-electron chi connectivity index (χ3n) is 5.43. The standard InChI is InChI=1S/C19H22N4O2/c1-19(15-7-3-2-4-8-15)17(21-10-11-23(19)18(24)25)22-12-14-6-5-9-20-16(14)13-22/h2-9,17,21H,10-13H2,1H3,(H,24,25). The molecule has 6 heteroatoms. The minimum absolute atomic E-state index is 0.117. The lowest BCUT2D eigenvalue weighted by atomic mass is 9.84. The molecule has 2 aliphatic heterocycles. The Balaban J connectivity index is 1.74. The van der Waals surface area contributed by atoms with E-state index in [0.717, 1.165) is 24.3 Å². The van der Waals surface area contributed by atoms with Crippen molar-refractivity contribution < 1.29 is 9.90 Å². The highest BCUT2D eigenvalue weighted by atomic mass is 16.4. The highest BCUT2D eigenvalue weighted by molar-refractivity contribution is 5.67. The molecule has 0 bridgehead atoms. The second-order valence-electron chi connectivity index (χ2n) is 6.82. The zero-order valence-electron chi connectivity index (χ0n) is 14.2. The van der Waals surface area contributed by atoms with E-state index in [0.29, 0.717) is 13.1 Å². The number of pyridine rings is 1. The second kappa shape index (κ2) is 6.13. The van der Waals surface area contributed by atoms with Crippen LogP contribution in [0, 0.1) is 0 Å². The number of benzene rings is 1. The average molecular weight is 338 g/mol. The van der Waals surface area contributed by atoms with Crippen LogP contribution in [-0.2, 0) is 18.6 Å². The fraction of sp³-hybridized carbons (Fsp3) is 0.368. The van der Waals surface area contributed by atoms with Gasteiger partial charge in [-0.3, -0.25) is 20.1 Å². The summed E-state index contributed by atoms with van der Waals surface area (Å²) in [6.07, 6.45) is 0.818. The topological polar surface area (TPSA) is 68.7 Å². The zero-order chi connectivity index (χ0) is 17.4. The van der Waals surface area contributed by atoms with Crippen molar-refractivity contribution in [1.82, 2.24) is 20.1 Å². The van der Waals surface area contributed by atoms with Gasteiger partial charge in [0.2, 0.25) is 0 Å². The van der Waals surface area contributed by atoms with Gasteiger partial charge in [-0.15, -0.1) is 0 Å². The van der Waals surface area contributed by atoms with Crippen LogP contribution in [0.3, 0.4) is 0 Å². The fourth-order valence-corrected chi connectivity index (χ4v) is 4.17. The lowest BCUT2D eigenvalue weighted by molar-refractivity contribution is -0.0326. The molecule has 0 saturated carbocycles. The minimum Gasteiger partial charge on any atom is -0.465 e. The van der Waals surface area contributed by atoms with Crippen molar-refractivity contribution in [1.29, 1.82) is 0 Å². The second-order valence-corrected chi connectivity index (χ2v) is 6.82. The summed E-state index contributed by atoms with van der Waals surface area (Å²) in [4.78, 5) is 20.3. The Morgan fingerprint density at radius 3 is 2.76 bits per heavy atom. The predicted molar refractivity (Wildman–Crippen MR) is 93.8 cm³/mol. The van der Waals surface area contributed by atoms with Gasteiger partial charge in [0, 0.05) is 32.4 Å². The molecule has 0 spiro atoms. The SMILES string of the molecule is CC1(c2ccccc2)C(N2Cc3cccnc3C2)NCCN1C(=O)O. The molecule has 0 radical (unpaired) electrons. The van der Waals surface area contributed by atoms with E-state index in [2.05, 4.69) is 21.3 Å². The number of carbonyl (C=O) groups is 1. The molecule has 3 heterocycles. The molecular weight excluding hydrogens is 316 g/mol. The molecule has 2 aliphatic rings. The van der Waals surface area contributed by atoms with Crippen molar-refractivity contribution in [3.63, 3.8) is 0 Å². The number of piperazine rings is 1. The summed E-state index contributed by atoms with van der Waals surface area (Å²) in [5.41, 5.74) is 2.62. The molecule has 4 rings (SSSR count). The van der Waals surface area contributed by atoms with Gasteiger partial charge in [-0.1, -0.05) is 36.4 Å². The van der Waals surface area contributed by atoms with Crippen molar-refractivity contribution in [2.75, 3.05) is 13.1 Å². The van der Waals surface area contributed by atoms with Gasteiger partial charge < -0.3 is 5.11 Å². The van der Waals surface area contributed by atoms with Gasteiger partial charge in [0.25, 0.3) is 0 Å². The Hall–Kier alpha value is -2.44. The molecule has 2 atom stereocenters. The smallest absolute Gasteiger partial charge is 0.408 e. The molecule has 1 saturated heterocycles. The quantitative estimate of drug-likeness (QED) is 0.879. The fourth-order valence-electron chi connectivity index (χ4n) is 4.17. The van der Waals surface area contributed by atoms with Gasteiger partial charge in [0.05, 0.1) is 17.4 Å². The van der Waals surface area contributed by atoms with Crippen molar-refractivity contribution in [3.8, 4) is 0 Å². The van der Waals surface area contributed by atoms with Crippen molar-refractivity contribution >= 4 is 6.09 Å². The normalized spacial score (nSPS) is 26.4. The maximum atomic E-state index is 12.0. The van der Waals surface area contributed by atoms with E-state index in [4.69, 9.17) is 0 Å². The van der Waals surface area contributed by atoms with Crippen LogP contribution >= 0.6 is 0 Å². The Kier molecular flexibility index (Phi) is 3.94. The van der Waals surface area contributed by atoms with Gasteiger partial charge in [0.15, 0.2) is 0 Å². The van der Waals surface area contributed by atoms with Crippen molar-refractivity contribution in [2.45, 2.75) is 31.7 Å². The zero-order valence-corrected chi connectivity index (χ0v) is 14.2. The Morgan fingerprint density at radius 2 is 2.04 bits per heavy atom. The summed E-state index contributed by atoms with van der Waals surface area (Å²) >= 11 is 0. The maximum absolute atomic E-state index is 12.0. The van der Waals surface area contributed by atoms with Crippen LogP contribution in [0.5, 0.6) is 0 Å². The lowest BCUT2D eigenvalue weighted by Gasteiger charge is -2.52. The minimum atomic E-state index is -0.882. The van der Waals surface area contributed by atoms with E-state index in [1.165, 1.54) is 5.56 Å². The first-order chi connectivity index (χ1) is 12.1. The van der Waals surface area contributed by atoms with Gasteiger partial charge in [-0.2, -0.15) is 0 Å². The number of nitrogens with zero attached hydrogens (tertiary/aromatic N) is 3. The number of fused-ring (bicyclic) bond motifs is 1. The number of nitrogens with one attached hydrogen (secondary N) is 1. The summed E-state index contributed by atoms with van der Waals surface area (Å²) in [6.45, 7) is 4.63. The summed E-state index contributed by atoms with van der Waals surface area (Å²) in [7, 11) is 0. The number of hydrogen-bond donors (Lipinski definition) is 2. The first-order valence-corrected chi connectivity index (χ1v) is 8.57. The largest absolute Gasteiger partial charge is 0.465 e. The lowest BCUT2D eigenvalue weighted by Crippen LogP contribution is -2.69. The number of rotatable bonds is 2. The molecule has 1 amide bonds. The molecule has 25 heavy (non-hydrogen) atoms. The molecule has 1 aromatic heterocycles. The van der Waals surface area contributed by atoms with Crippen molar-refractivity contribution in [3.05, 3.63) is 65.5 Å². The number of hydrogen-bond acceptors (Lipinski definition) is 4. The first kappa shape index (κ1) is 16.1. The van der Waals surface area contributed by atoms with Gasteiger partial charge in [0.1, 0.15) is 0 Å². The first-order valence-electron chi connectivity index (χ1n) is 8.57. The predicted octanol–water partition coefficient (Wildman–Crippen LogP) is 2.22. The van der Waals surface area contributed by atoms with Gasteiger partial charge in [-0.25, -0.2) is 4.79 Å². The van der Waals surface area contributed by atoms with Crippen LogP contribution < -0.4 is 5.32 Å². The maximum Gasteiger partial charge on any atom is 0.408 e. The third kappa shape index (κ3) is 2.58. The summed E-state index contributed by atoms with van der Waals surface area (Å²) in [6, 6.07) is 14.0. The van der Waals surface area contributed by atoms with Crippen LogP contribution in [0.1, 0.15) is 23.7 Å². The highest BCUT2D eigenvalue weighted by Crippen LogP contribution is 2.38. The van der Waals surface area contributed by atoms with Crippen molar-refractivity contribution in [2.24, 2.45) is 0 Å². The summed E-state index contributed by atoms with van der Waals surface area (Å²) < 4.78 is 0. The van der Waals surface area contributed by atoms with Crippen LogP contribution in [-0.4, -0.2) is 45.2 Å². The Morgan fingerprint density at radius 1 is 1.24 bits per heavy atom. The number of aromatic nitrogens is 1. The Labute approximate surface area is 147 Å². The van der Waals surface area contributed by atoms with E-state index >= 15 is 0 Å². The van der Waals surface area contributed by atoms with E-state index in [1.54, 1.807) is 4.90 Å². The van der Waals surface area contributed by atoms with Gasteiger partial charge in [-0.05, 0) is 24.1 Å². The van der Waals surface area contributed by atoms with E-state index in [9.17, 15) is 9.90 Å². The average Bonchev–Trinajstić information content (AvgIpc) is 3.06. The van der Waals surface area contributed by atoms with Crippen LogP contribution in [0.25, 0.3) is 0 Å². The van der Waals surface area contributed by atoms with Crippen LogP contribution in [0.4, 0.5) is 4.79 Å². The molecule has 2 aromatic rings. The molecule has 130 valence electrons. The van der Waals surface area contributed by atoms with Crippen LogP contribution in [0.15, 0.2) is 48.7 Å². The molecule has 0 aliphatic carbocycles. The number of amides is 1. The Bertz CT molecular complexity index is 757. The molecular formula is C19H22N4O2. The monoisotopic (exact) mass is 338 g/mol. The van der Waals surface area contributed by atoms with E-state index < -0.39 is 11.6 Å². The van der Waals surface area contributed by atoms with Gasteiger partial charge >= 0.3 is 6.09 Å². The molecule has 1 aromatic carbocycles. The summed E-state index contributed by atoms with van der Waals surface area (Å²) in [5.74, 6) is 0. The molecule has 1 fully saturated rings. The van der Waals surface area contributed by atoms with E-state index in [1.807, 2.05) is 49.5 Å².